The summed E-state index contributed by atoms with van der Waals surface area (Å²) in [6.45, 7) is 5.74. The molecule has 8 heteroatoms. The Labute approximate surface area is 178 Å². The Morgan fingerprint density at radius 3 is 2.58 bits per heavy atom. The van der Waals surface area contributed by atoms with E-state index in [-0.39, 0.29) is 30.0 Å². The number of nitrogens with one attached hydrogen (secondary N) is 2. The van der Waals surface area contributed by atoms with Crippen molar-refractivity contribution in [1.29, 1.82) is 0 Å². The van der Waals surface area contributed by atoms with Gasteiger partial charge in [-0.25, -0.2) is 0 Å². The molecule has 2 rings (SSSR count). The molecule has 0 radical (unpaired) electrons. The number of aliphatic imine (C=N–C) groups is 1. The van der Waals surface area contributed by atoms with Crippen LogP contribution < -0.4 is 10.6 Å². The van der Waals surface area contributed by atoms with Crippen molar-refractivity contribution in [3.8, 4) is 0 Å². The zero-order chi connectivity index (χ0) is 17.9. The zero-order valence-corrected chi connectivity index (χ0v) is 18.6. The highest BCUT2D eigenvalue weighted by Gasteiger charge is 2.22. The minimum absolute atomic E-state index is 0. The molecule has 1 aliphatic rings. The molecule has 26 heavy (non-hydrogen) atoms. The summed E-state index contributed by atoms with van der Waals surface area (Å²) in [4.78, 5) is 6.74. The summed E-state index contributed by atoms with van der Waals surface area (Å²) in [7, 11) is 3.50. The second kappa shape index (κ2) is 13.5. The lowest BCUT2D eigenvalue weighted by Crippen LogP contribution is -2.46. The van der Waals surface area contributed by atoms with Crippen LogP contribution in [0.1, 0.15) is 18.0 Å². The quantitative estimate of drug-likeness (QED) is 0.251. The van der Waals surface area contributed by atoms with Crippen LogP contribution in [0.2, 0.25) is 5.02 Å². The maximum Gasteiger partial charge on any atom is 0.191 e. The van der Waals surface area contributed by atoms with Crippen LogP contribution in [0, 0.1) is 0 Å². The van der Waals surface area contributed by atoms with Gasteiger partial charge in [-0.15, -0.1) is 24.0 Å². The van der Waals surface area contributed by atoms with Crippen molar-refractivity contribution in [2.24, 2.45) is 4.99 Å². The molecule has 1 saturated heterocycles. The third-order valence-corrected chi connectivity index (χ3v) is 4.50. The smallest absolute Gasteiger partial charge is 0.191 e. The van der Waals surface area contributed by atoms with Crippen LogP contribution in [0.15, 0.2) is 29.3 Å². The number of hydrogen-bond acceptors (Lipinski definition) is 4. The van der Waals surface area contributed by atoms with Crippen LogP contribution in [0.4, 0.5) is 0 Å². The maximum absolute atomic E-state index is 6.05. The highest BCUT2D eigenvalue weighted by molar-refractivity contribution is 14.0. The number of methoxy groups -OCH3 is 1. The number of ether oxygens (including phenoxy) is 2. The van der Waals surface area contributed by atoms with E-state index in [2.05, 4.69) is 32.7 Å². The van der Waals surface area contributed by atoms with E-state index in [0.29, 0.717) is 0 Å². The third kappa shape index (κ3) is 7.96. The van der Waals surface area contributed by atoms with Crippen LogP contribution in [0.25, 0.3) is 0 Å². The van der Waals surface area contributed by atoms with Gasteiger partial charge in [0.2, 0.25) is 0 Å². The number of guanidine groups is 1. The standard InChI is InChI=1S/C18H29ClN4O2.HI/c1-20-18(21-8-3-11-24-2)22-14-17(23-9-12-25-13-10-23)15-4-6-16(19)7-5-15;/h4-7,17H,3,8-14H2,1-2H3,(H2,20,21,22);1H. The Morgan fingerprint density at radius 2 is 1.96 bits per heavy atom. The zero-order valence-electron chi connectivity index (χ0n) is 15.5. The van der Waals surface area contributed by atoms with Crippen LogP contribution in [-0.2, 0) is 9.47 Å². The van der Waals surface area contributed by atoms with Crippen LogP contribution in [-0.4, -0.2) is 71.0 Å². The molecule has 1 aromatic carbocycles. The van der Waals surface area contributed by atoms with E-state index in [9.17, 15) is 0 Å². The highest BCUT2D eigenvalue weighted by atomic mass is 127. The van der Waals surface area contributed by atoms with Crippen molar-refractivity contribution in [3.05, 3.63) is 34.9 Å². The first-order chi connectivity index (χ1) is 12.2. The number of rotatable bonds is 8. The van der Waals surface area contributed by atoms with Crippen LogP contribution >= 0.6 is 35.6 Å². The van der Waals surface area contributed by atoms with Gasteiger partial charge in [0.05, 0.1) is 19.3 Å². The molecular weight excluding hydrogens is 467 g/mol. The SMILES string of the molecule is CN=C(NCCCOC)NCC(c1ccc(Cl)cc1)N1CCOCC1.I. The summed E-state index contributed by atoms with van der Waals surface area (Å²) in [6.07, 6.45) is 0.946. The van der Waals surface area contributed by atoms with Gasteiger partial charge in [-0.3, -0.25) is 9.89 Å². The number of halogens is 2. The summed E-state index contributed by atoms with van der Waals surface area (Å²) < 4.78 is 10.6. The first kappa shape index (κ1) is 23.4. The Bertz CT molecular complexity index is 524. The van der Waals surface area contributed by atoms with E-state index < -0.39 is 0 Å². The van der Waals surface area contributed by atoms with Gasteiger partial charge in [-0.1, -0.05) is 23.7 Å². The van der Waals surface area contributed by atoms with Crippen molar-refractivity contribution in [2.45, 2.75) is 12.5 Å². The lowest BCUT2D eigenvalue weighted by atomic mass is 10.0. The summed E-state index contributed by atoms with van der Waals surface area (Å²) in [5, 5.41) is 7.51. The molecule has 0 aromatic heterocycles. The molecule has 0 aliphatic carbocycles. The minimum atomic E-state index is 0. The van der Waals surface area contributed by atoms with Crippen LogP contribution in [0.5, 0.6) is 0 Å². The molecule has 1 aromatic rings. The molecule has 1 heterocycles. The lowest BCUT2D eigenvalue weighted by Gasteiger charge is -2.35. The lowest BCUT2D eigenvalue weighted by molar-refractivity contribution is 0.0170. The molecule has 1 aliphatic heterocycles. The average molecular weight is 497 g/mol. The minimum Gasteiger partial charge on any atom is -0.385 e. The molecule has 148 valence electrons. The Kier molecular flexibility index (Phi) is 12.2. The van der Waals surface area contributed by atoms with Crippen molar-refractivity contribution < 1.29 is 9.47 Å². The number of benzene rings is 1. The van der Waals surface area contributed by atoms with E-state index in [0.717, 1.165) is 63.4 Å². The molecule has 0 spiro atoms. The molecule has 1 atom stereocenters. The third-order valence-electron chi connectivity index (χ3n) is 4.25. The van der Waals surface area contributed by atoms with Gasteiger partial charge in [0.15, 0.2) is 5.96 Å². The number of hydrogen-bond donors (Lipinski definition) is 2. The summed E-state index contributed by atoms with van der Waals surface area (Å²) >= 11 is 6.05. The Hall–Kier alpha value is -0.610. The first-order valence-electron chi connectivity index (χ1n) is 8.75. The van der Waals surface area contributed by atoms with Gasteiger partial charge in [0, 0.05) is 52.0 Å². The fourth-order valence-electron chi connectivity index (χ4n) is 2.87. The van der Waals surface area contributed by atoms with E-state index in [1.807, 2.05) is 12.1 Å². The fraction of sp³-hybridized carbons (Fsp3) is 0.611. The van der Waals surface area contributed by atoms with Gasteiger partial charge >= 0.3 is 0 Å². The molecule has 0 bridgehead atoms. The summed E-state index contributed by atoms with van der Waals surface area (Å²) in [5.41, 5.74) is 1.24. The second-order valence-corrected chi connectivity index (χ2v) is 6.38. The Balaban J connectivity index is 0.00000338. The van der Waals surface area contributed by atoms with Crippen LogP contribution in [0.3, 0.4) is 0 Å². The summed E-state index contributed by atoms with van der Waals surface area (Å²) in [6, 6.07) is 8.33. The molecular formula is C18H30ClIN4O2. The number of nitrogens with zero attached hydrogens (tertiary/aromatic N) is 2. The molecule has 6 nitrogen and oxygen atoms in total. The van der Waals surface area contributed by atoms with Gasteiger partial charge < -0.3 is 20.1 Å². The maximum atomic E-state index is 6.05. The normalized spacial score (nSPS) is 16.7. The van der Waals surface area contributed by atoms with Crippen molar-refractivity contribution in [2.75, 3.05) is 60.2 Å². The molecule has 1 fully saturated rings. The van der Waals surface area contributed by atoms with Gasteiger partial charge in [0.25, 0.3) is 0 Å². The van der Waals surface area contributed by atoms with E-state index >= 15 is 0 Å². The van der Waals surface area contributed by atoms with Crippen molar-refractivity contribution in [1.82, 2.24) is 15.5 Å². The highest BCUT2D eigenvalue weighted by Crippen LogP contribution is 2.23. The van der Waals surface area contributed by atoms with E-state index in [1.54, 1.807) is 14.2 Å². The van der Waals surface area contributed by atoms with Gasteiger partial charge in [-0.05, 0) is 24.1 Å². The van der Waals surface area contributed by atoms with Crippen molar-refractivity contribution >= 4 is 41.5 Å². The summed E-state index contributed by atoms with van der Waals surface area (Å²) in [5.74, 6) is 0.809. The van der Waals surface area contributed by atoms with Gasteiger partial charge in [0.1, 0.15) is 0 Å². The largest absolute Gasteiger partial charge is 0.385 e. The number of morpholine rings is 1. The van der Waals surface area contributed by atoms with E-state index in [4.69, 9.17) is 21.1 Å². The topological polar surface area (TPSA) is 58.1 Å². The van der Waals surface area contributed by atoms with E-state index in [1.165, 1.54) is 5.56 Å². The first-order valence-corrected chi connectivity index (χ1v) is 9.13. The fourth-order valence-corrected chi connectivity index (χ4v) is 3.00. The van der Waals surface area contributed by atoms with Gasteiger partial charge in [-0.2, -0.15) is 0 Å². The average Bonchev–Trinajstić information content (AvgIpc) is 2.66. The van der Waals surface area contributed by atoms with Crippen molar-refractivity contribution in [3.63, 3.8) is 0 Å². The Morgan fingerprint density at radius 1 is 1.27 bits per heavy atom. The second-order valence-electron chi connectivity index (χ2n) is 5.94. The predicted octanol–water partition coefficient (Wildman–Crippen LogP) is 2.53. The molecule has 2 N–H and O–H groups in total. The molecule has 0 amide bonds. The molecule has 0 saturated carbocycles. The molecule has 1 unspecified atom stereocenters. The monoisotopic (exact) mass is 496 g/mol. The predicted molar refractivity (Wildman–Crippen MR) is 118 cm³/mol.